The van der Waals surface area contributed by atoms with Crippen molar-refractivity contribution in [3.8, 4) is 0 Å². The highest BCUT2D eigenvalue weighted by Crippen LogP contribution is 2.23. The molecule has 1 aliphatic rings. The Bertz CT molecular complexity index is 876. The van der Waals surface area contributed by atoms with Gasteiger partial charge >= 0.3 is 0 Å². The van der Waals surface area contributed by atoms with Crippen molar-refractivity contribution < 1.29 is 4.74 Å². The third-order valence-electron chi connectivity index (χ3n) is 4.39. The molecular weight excluding hydrogens is 362 g/mol. The predicted molar refractivity (Wildman–Crippen MR) is 110 cm³/mol. The predicted octanol–water partition coefficient (Wildman–Crippen LogP) is 3.50. The van der Waals surface area contributed by atoms with Gasteiger partial charge in [-0.3, -0.25) is 15.0 Å². The molecule has 2 heterocycles. The van der Waals surface area contributed by atoms with Gasteiger partial charge < -0.3 is 15.4 Å². The molecule has 1 aliphatic heterocycles. The molecule has 1 saturated heterocycles. The molecule has 0 saturated carbocycles. The van der Waals surface area contributed by atoms with E-state index in [1.54, 1.807) is 18.6 Å². The van der Waals surface area contributed by atoms with Gasteiger partial charge in [-0.1, -0.05) is 17.7 Å². The Kier molecular flexibility index (Phi) is 6.42. The summed E-state index contributed by atoms with van der Waals surface area (Å²) < 4.78 is 6.16. The second-order valence-electron chi connectivity index (χ2n) is 6.61. The SMILES string of the molecule is C=N/C=C(NCc1ccc2nccnc2c1)\C(O[C@H]1CN[C@@H](C)C1)=C(/C)Cl. The molecular formula is C20H24ClN5O. The molecule has 0 radical (unpaired) electrons. The molecule has 2 N–H and O–H groups in total. The quantitative estimate of drug-likeness (QED) is 0.433. The second-order valence-corrected chi connectivity index (χ2v) is 7.17. The first kappa shape index (κ1) is 19.3. The van der Waals surface area contributed by atoms with E-state index in [1.807, 2.05) is 25.1 Å². The molecule has 0 aliphatic carbocycles. The molecule has 0 spiro atoms. The number of ether oxygens (including phenoxy) is 1. The Labute approximate surface area is 164 Å². The first-order valence-electron chi connectivity index (χ1n) is 8.93. The maximum atomic E-state index is 6.32. The number of nitrogens with zero attached hydrogens (tertiary/aromatic N) is 3. The molecule has 1 aromatic carbocycles. The van der Waals surface area contributed by atoms with Crippen LogP contribution in [-0.4, -0.2) is 35.4 Å². The maximum absolute atomic E-state index is 6.32. The first-order valence-corrected chi connectivity index (χ1v) is 9.31. The average Bonchev–Trinajstić information content (AvgIpc) is 3.08. The van der Waals surface area contributed by atoms with Crippen molar-refractivity contribution >= 4 is 29.4 Å². The first-order chi connectivity index (χ1) is 13.1. The van der Waals surface area contributed by atoms with Crippen LogP contribution in [0.4, 0.5) is 0 Å². The fourth-order valence-corrected chi connectivity index (χ4v) is 3.22. The van der Waals surface area contributed by atoms with Crippen molar-refractivity contribution in [1.29, 1.82) is 0 Å². The van der Waals surface area contributed by atoms with Crippen LogP contribution in [0.1, 0.15) is 25.8 Å². The van der Waals surface area contributed by atoms with Crippen LogP contribution in [0.15, 0.2) is 58.3 Å². The van der Waals surface area contributed by atoms with E-state index in [2.05, 4.69) is 39.2 Å². The van der Waals surface area contributed by atoms with E-state index in [0.717, 1.165) is 29.6 Å². The Morgan fingerprint density at radius 3 is 2.85 bits per heavy atom. The van der Waals surface area contributed by atoms with Crippen LogP contribution >= 0.6 is 11.6 Å². The van der Waals surface area contributed by atoms with E-state index < -0.39 is 0 Å². The van der Waals surface area contributed by atoms with Gasteiger partial charge in [0.2, 0.25) is 0 Å². The molecule has 7 heteroatoms. The molecule has 0 unspecified atom stereocenters. The van der Waals surface area contributed by atoms with Crippen molar-refractivity contribution in [2.24, 2.45) is 4.99 Å². The zero-order valence-electron chi connectivity index (χ0n) is 15.6. The van der Waals surface area contributed by atoms with E-state index in [-0.39, 0.29) is 6.10 Å². The van der Waals surface area contributed by atoms with Crippen molar-refractivity contribution in [3.05, 3.63) is 58.8 Å². The number of hydrogen-bond donors (Lipinski definition) is 2. The number of aliphatic imine (C=N–C) groups is 1. The van der Waals surface area contributed by atoms with Gasteiger partial charge in [0.15, 0.2) is 5.76 Å². The van der Waals surface area contributed by atoms with Crippen molar-refractivity contribution in [2.75, 3.05) is 6.54 Å². The van der Waals surface area contributed by atoms with E-state index in [0.29, 0.717) is 29.1 Å². The minimum atomic E-state index is 0.0784. The molecule has 142 valence electrons. The summed E-state index contributed by atoms with van der Waals surface area (Å²) in [7, 11) is 0. The summed E-state index contributed by atoms with van der Waals surface area (Å²) >= 11 is 6.32. The maximum Gasteiger partial charge on any atom is 0.158 e. The molecule has 27 heavy (non-hydrogen) atoms. The Morgan fingerprint density at radius 2 is 2.19 bits per heavy atom. The molecule has 1 aromatic heterocycles. The normalized spacial score (nSPS) is 21.1. The zero-order valence-corrected chi connectivity index (χ0v) is 16.3. The van der Waals surface area contributed by atoms with Gasteiger partial charge in [-0.2, -0.15) is 0 Å². The van der Waals surface area contributed by atoms with Gasteiger partial charge in [-0.05, 0) is 38.3 Å². The number of nitrogens with one attached hydrogen (secondary N) is 2. The Balaban J connectivity index is 1.74. The summed E-state index contributed by atoms with van der Waals surface area (Å²) in [5.41, 5.74) is 3.50. The van der Waals surface area contributed by atoms with Gasteiger partial charge in [0.25, 0.3) is 0 Å². The average molecular weight is 386 g/mol. The number of fused-ring (bicyclic) bond motifs is 1. The van der Waals surface area contributed by atoms with Gasteiger partial charge in [-0.25, -0.2) is 0 Å². The smallest absolute Gasteiger partial charge is 0.158 e. The van der Waals surface area contributed by atoms with Crippen LogP contribution in [0.5, 0.6) is 0 Å². The number of aromatic nitrogens is 2. The topological polar surface area (TPSA) is 71.4 Å². The van der Waals surface area contributed by atoms with E-state index in [1.165, 1.54) is 0 Å². The highest BCUT2D eigenvalue weighted by atomic mass is 35.5. The number of halogens is 1. The zero-order chi connectivity index (χ0) is 19.2. The number of allylic oxidation sites excluding steroid dienone is 1. The van der Waals surface area contributed by atoms with Crippen LogP contribution in [-0.2, 0) is 11.3 Å². The highest BCUT2D eigenvalue weighted by Gasteiger charge is 2.24. The summed E-state index contributed by atoms with van der Waals surface area (Å²) in [5, 5.41) is 7.31. The van der Waals surface area contributed by atoms with Crippen LogP contribution in [0.3, 0.4) is 0 Å². The Morgan fingerprint density at radius 1 is 1.41 bits per heavy atom. The monoisotopic (exact) mass is 385 g/mol. The van der Waals surface area contributed by atoms with E-state index in [4.69, 9.17) is 16.3 Å². The van der Waals surface area contributed by atoms with Crippen molar-refractivity contribution in [3.63, 3.8) is 0 Å². The van der Waals surface area contributed by atoms with Gasteiger partial charge in [0.05, 0.1) is 28.0 Å². The van der Waals surface area contributed by atoms with Crippen molar-refractivity contribution in [2.45, 2.75) is 39.0 Å². The molecule has 0 bridgehead atoms. The summed E-state index contributed by atoms with van der Waals surface area (Å²) in [5.74, 6) is 0.602. The Hall–Kier alpha value is -2.44. The van der Waals surface area contributed by atoms with Gasteiger partial charge in [0.1, 0.15) is 6.10 Å². The lowest BCUT2D eigenvalue weighted by molar-refractivity contribution is 0.133. The van der Waals surface area contributed by atoms with Crippen LogP contribution in [0, 0.1) is 0 Å². The third kappa shape index (κ3) is 5.05. The van der Waals surface area contributed by atoms with Crippen LogP contribution < -0.4 is 10.6 Å². The van der Waals surface area contributed by atoms with Crippen LogP contribution in [0.25, 0.3) is 11.0 Å². The molecule has 0 amide bonds. The lowest BCUT2D eigenvalue weighted by atomic mass is 10.2. The molecule has 3 rings (SSSR count). The number of rotatable bonds is 7. The summed E-state index contributed by atoms with van der Waals surface area (Å²) in [6.07, 6.45) is 6.02. The number of benzene rings is 1. The third-order valence-corrected chi connectivity index (χ3v) is 4.56. The molecule has 1 fully saturated rings. The molecule has 2 aromatic rings. The van der Waals surface area contributed by atoms with E-state index >= 15 is 0 Å². The lowest BCUT2D eigenvalue weighted by Gasteiger charge is -2.20. The molecule has 2 atom stereocenters. The second kappa shape index (κ2) is 8.97. The molecule has 6 nitrogen and oxygen atoms in total. The van der Waals surface area contributed by atoms with E-state index in [9.17, 15) is 0 Å². The minimum Gasteiger partial charge on any atom is -0.486 e. The minimum absolute atomic E-state index is 0.0784. The lowest BCUT2D eigenvalue weighted by Crippen LogP contribution is -2.22. The van der Waals surface area contributed by atoms with Gasteiger partial charge in [-0.15, -0.1) is 0 Å². The van der Waals surface area contributed by atoms with Crippen molar-refractivity contribution in [1.82, 2.24) is 20.6 Å². The highest BCUT2D eigenvalue weighted by molar-refractivity contribution is 6.29. The fourth-order valence-electron chi connectivity index (χ4n) is 3.07. The summed E-state index contributed by atoms with van der Waals surface area (Å²) in [6.45, 7) is 8.89. The number of hydrogen-bond acceptors (Lipinski definition) is 6. The summed E-state index contributed by atoms with van der Waals surface area (Å²) in [6, 6.07) is 6.42. The van der Waals surface area contributed by atoms with Crippen LogP contribution in [0.2, 0.25) is 0 Å². The van der Waals surface area contributed by atoms with Gasteiger partial charge in [0, 0.05) is 37.9 Å². The summed E-state index contributed by atoms with van der Waals surface area (Å²) in [4.78, 5) is 12.5. The standard InChI is InChI=1S/C20H24ClN5O/c1-13-8-16(11-25-13)27-20(14(2)21)19(12-22-3)26-10-15-4-5-17-18(9-15)24-7-6-23-17/h4-7,9,12-13,16,25-26H,3,8,10-11H2,1-2H3/b19-12+,20-14-/t13-,16+/m0/s1. The fraction of sp³-hybridized carbons (Fsp3) is 0.350. The largest absolute Gasteiger partial charge is 0.486 e.